The largest absolute Gasteiger partial charge is 0.289 e. The summed E-state index contributed by atoms with van der Waals surface area (Å²) in [6.07, 6.45) is 1.28. The number of carbonyl (C=O) groups is 1. The fourth-order valence-corrected chi connectivity index (χ4v) is 5.93. The minimum atomic E-state index is -3.10. The van der Waals surface area contributed by atoms with Crippen LogP contribution in [0.1, 0.15) is 14.5 Å². The van der Waals surface area contributed by atoms with Gasteiger partial charge in [-0.05, 0) is 12.1 Å². The van der Waals surface area contributed by atoms with Crippen molar-refractivity contribution in [2.75, 3.05) is 24.3 Å². The van der Waals surface area contributed by atoms with E-state index in [0.29, 0.717) is 17.2 Å². The van der Waals surface area contributed by atoms with E-state index in [9.17, 15) is 13.2 Å². The predicted octanol–water partition coefficient (Wildman–Crippen LogP) is 0.271. The van der Waals surface area contributed by atoms with Crippen molar-refractivity contribution >= 4 is 38.8 Å². The Labute approximate surface area is 126 Å². The second kappa shape index (κ2) is 6.44. The number of thioether (sulfide) groups is 1. The first-order valence-corrected chi connectivity index (χ1v) is 9.94. The molecule has 2 heterocycles. The number of hydrazine groups is 1. The van der Waals surface area contributed by atoms with Gasteiger partial charge in [-0.25, -0.2) is 14.3 Å². The molecule has 112 valence electrons. The number of rotatable bonds is 4. The standard InChI is InChI=1S/C11H17N3O3S3/c1-20(16,17)10-7-18-5-4-14(10)6-8-2-3-9(19-8)11(15)13-12/h2-3,10H,4-7,12H2,1H3,(H,13,15). The van der Waals surface area contributed by atoms with Gasteiger partial charge in [-0.2, -0.15) is 11.8 Å². The predicted molar refractivity (Wildman–Crippen MR) is 82.3 cm³/mol. The molecule has 1 aliphatic rings. The molecule has 1 aliphatic heterocycles. The second-order valence-electron chi connectivity index (χ2n) is 4.57. The number of hydrogen-bond acceptors (Lipinski definition) is 7. The second-order valence-corrected chi connectivity index (χ2v) is 9.09. The van der Waals surface area contributed by atoms with Gasteiger partial charge in [-0.15, -0.1) is 11.3 Å². The van der Waals surface area contributed by atoms with Crippen molar-refractivity contribution < 1.29 is 13.2 Å². The van der Waals surface area contributed by atoms with Crippen molar-refractivity contribution in [3.8, 4) is 0 Å². The fraction of sp³-hybridized carbons (Fsp3) is 0.545. The van der Waals surface area contributed by atoms with E-state index in [1.807, 2.05) is 11.0 Å². The number of thiophene rings is 1. The van der Waals surface area contributed by atoms with E-state index in [-0.39, 0.29) is 5.91 Å². The van der Waals surface area contributed by atoms with E-state index in [4.69, 9.17) is 5.84 Å². The summed E-state index contributed by atoms with van der Waals surface area (Å²) in [6, 6.07) is 3.55. The van der Waals surface area contributed by atoms with Crippen molar-refractivity contribution in [2.45, 2.75) is 11.9 Å². The van der Waals surface area contributed by atoms with Crippen LogP contribution in [0.4, 0.5) is 0 Å². The number of amides is 1. The van der Waals surface area contributed by atoms with Crippen LogP contribution in [0.3, 0.4) is 0 Å². The van der Waals surface area contributed by atoms with Gasteiger partial charge in [-0.3, -0.25) is 15.1 Å². The summed E-state index contributed by atoms with van der Waals surface area (Å²) in [6.45, 7) is 1.28. The summed E-state index contributed by atoms with van der Waals surface area (Å²) < 4.78 is 23.6. The van der Waals surface area contributed by atoms with E-state index in [1.165, 1.54) is 17.6 Å². The zero-order valence-electron chi connectivity index (χ0n) is 11.0. The Bertz CT molecular complexity index is 585. The number of nitrogens with one attached hydrogen (secondary N) is 1. The quantitative estimate of drug-likeness (QED) is 0.466. The van der Waals surface area contributed by atoms with Crippen LogP contribution < -0.4 is 11.3 Å². The Morgan fingerprint density at radius 3 is 2.95 bits per heavy atom. The van der Waals surface area contributed by atoms with E-state index >= 15 is 0 Å². The van der Waals surface area contributed by atoms with Crippen LogP contribution in [-0.4, -0.2) is 48.9 Å². The molecule has 1 fully saturated rings. The maximum atomic E-state index is 11.8. The Hall–Kier alpha value is -0.610. The molecule has 0 aliphatic carbocycles. The molecule has 0 saturated carbocycles. The Morgan fingerprint density at radius 2 is 2.30 bits per heavy atom. The first-order chi connectivity index (χ1) is 9.41. The number of hydrogen-bond donors (Lipinski definition) is 2. The monoisotopic (exact) mass is 335 g/mol. The molecule has 3 N–H and O–H groups in total. The van der Waals surface area contributed by atoms with Crippen LogP contribution >= 0.6 is 23.1 Å². The molecule has 6 nitrogen and oxygen atoms in total. The van der Waals surface area contributed by atoms with Crippen LogP contribution in [-0.2, 0) is 16.4 Å². The zero-order valence-corrected chi connectivity index (χ0v) is 13.5. The maximum Gasteiger partial charge on any atom is 0.275 e. The third-order valence-corrected chi connectivity index (χ3v) is 6.82. The third kappa shape index (κ3) is 3.73. The van der Waals surface area contributed by atoms with Crippen LogP contribution in [0, 0.1) is 0 Å². The Morgan fingerprint density at radius 1 is 1.55 bits per heavy atom. The van der Waals surface area contributed by atoms with E-state index < -0.39 is 15.2 Å². The molecular formula is C11H17N3O3S3. The lowest BCUT2D eigenvalue weighted by molar-refractivity contribution is 0.0957. The van der Waals surface area contributed by atoms with Gasteiger partial charge in [0.25, 0.3) is 5.91 Å². The lowest BCUT2D eigenvalue weighted by atomic mass is 10.3. The van der Waals surface area contributed by atoms with Crippen LogP contribution in [0.5, 0.6) is 0 Å². The highest BCUT2D eigenvalue weighted by Crippen LogP contribution is 2.25. The smallest absolute Gasteiger partial charge is 0.275 e. The number of carbonyl (C=O) groups excluding carboxylic acids is 1. The molecule has 1 saturated heterocycles. The van der Waals surface area contributed by atoms with Gasteiger partial charge < -0.3 is 0 Å². The third-order valence-electron chi connectivity index (χ3n) is 3.06. The fourth-order valence-electron chi connectivity index (χ4n) is 2.05. The molecule has 0 bridgehead atoms. The summed E-state index contributed by atoms with van der Waals surface area (Å²) in [5, 5.41) is -0.449. The lowest BCUT2D eigenvalue weighted by Gasteiger charge is -2.33. The van der Waals surface area contributed by atoms with Crippen molar-refractivity contribution in [3.63, 3.8) is 0 Å². The molecule has 1 amide bonds. The first kappa shape index (κ1) is 15.8. The van der Waals surface area contributed by atoms with Crippen molar-refractivity contribution in [1.29, 1.82) is 0 Å². The van der Waals surface area contributed by atoms with Gasteiger partial charge in [0.05, 0.1) is 4.88 Å². The number of nitrogen functional groups attached to an aromatic ring is 1. The average molecular weight is 335 g/mol. The Balaban J connectivity index is 2.11. The number of sulfone groups is 1. The van der Waals surface area contributed by atoms with Gasteiger partial charge in [0.15, 0.2) is 9.84 Å². The van der Waals surface area contributed by atoms with Gasteiger partial charge >= 0.3 is 0 Å². The van der Waals surface area contributed by atoms with Gasteiger partial charge in [0.2, 0.25) is 0 Å². The van der Waals surface area contributed by atoms with Crippen LogP contribution in [0.2, 0.25) is 0 Å². The molecule has 0 spiro atoms. The number of nitrogens with zero attached hydrogens (tertiary/aromatic N) is 1. The highest BCUT2D eigenvalue weighted by atomic mass is 32.2. The van der Waals surface area contributed by atoms with E-state index in [1.54, 1.807) is 17.8 Å². The van der Waals surface area contributed by atoms with Crippen LogP contribution in [0.15, 0.2) is 12.1 Å². The minimum Gasteiger partial charge on any atom is -0.289 e. The summed E-state index contributed by atoms with van der Waals surface area (Å²) in [4.78, 5) is 14.9. The van der Waals surface area contributed by atoms with Crippen molar-refractivity contribution in [1.82, 2.24) is 10.3 Å². The summed E-state index contributed by atoms with van der Waals surface area (Å²) in [5.74, 6) is 6.29. The SMILES string of the molecule is CS(=O)(=O)C1CSCCN1Cc1ccc(C(=O)NN)s1. The summed E-state index contributed by atoms with van der Waals surface area (Å²) in [7, 11) is -3.10. The van der Waals surface area contributed by atoms with Gasteiger partial charge in [0.1, 0.15) is 5.37 Å². The highest BCUT2D eigenvalue weighted by Gasteiger charge is 2.31. The van der Waals surface area contributed by atoms with E-state index in [2.05, 4.69) is 5.43 Å². The Kier molecular flexibility index (Phi) is 5.08. The molecule has 2 rings (SSSR count). The molecule has 0 radical (unpaired) electrons. The van der Waals surface area contributed by atoms with Gasteiger partial charge in [-0.1, -0.05) is 0 Å². The highest BCUT2D eigenvalue weighted by molar-refractivity contribution is 8.00. The van der Waals surface area contributed by atoms with Crippen molar-refractivity contribution in [3.05, 3.63) is 21.9 Å². The molecule has 1 unspecified atom stereocenters. The summed E-state index contributed by atoms with van der Waals surface area (Å²) >= 11 is 3.00. The maximum absolute atomic E-state index is 11.8. The topological polar surface area (TPSA) is 92.5 Å². The summed E-state index contributed by atoms with van der Waals surface area (Å²) in [5.41, 5.74) is 2.09. The number of nitrogens with two attached hydrogens (primary N) is 1. The van der Waals surface area contributed by atoms with Crippen molar-refractivity contribution in [2.24, 2.45) is 5.84 Å². The molecule has 9 heteroatoms. The molecule has 1 aromatic heterocycles. The first-order valence-electron chi connectivity index (χ1n) is 6.02. The molecule has 1 aromatic rings. The normalized spacial score (nSPS) is 20.8. The van der Waals surface area contributed by atoms with Crippen LogP contribution in [0.25, 0.3) is 0 Å². The average Bonchev–Trinajstić information content (AvgIpc) is 2.86. The lowest BCUT2D eigenvalue weighted by Crippen LogP contribution is -2.46. The molecule has 0 aromatic carbocycles. The molecule has 1 atom stereocenters. The van der Waals surface area contributed by atoms with Gasteiger partial charge in [0, 0.05) is 35.7 Å². The molecular weight excluding hydrogens is 318 g/mol. The zero-order chi connectivity index (χ0) is 14.8. The molecule has 20 heavy (non-hydrogen) atoms. The van der Waals surface area contributed by atoms with E-state index in [0.717, 1.165) is 17.2 Å². The minimum absolute atomic E-state index is 0.324.